The summed E-state index contributed by atoms with van der Waals surface area (Å²) in [6.07, 6.45) is 5.29. The van der Waals surface area contributed by atoms with Gasteiger partial charge in [-0.05, 0) is 23.8 Å². The van der Waals surface area contributed by atoms with Crippen molar-refractivity contribution in [2.24, 2.45) is 0 Å². The summed E-state index contributed by atoms with van der Waals surface area (Å²) < 4.78 is 20.1. The molecule has 2 aromatic rings. The van der Waals surface area contributed by atoms with Crippen LogP contribution in [-0.2, 0) is 9.53 Å². The number of esters is 1. The number of nitriles is 1. The minimum Gasteiger partial charge on any atom is -0.457 e. The van der Waals surface area contributed by atoms with Crippen molar-refractivity contribution in [3.63, 3.8) is 0 Å². The van der Waals surface area contributed by atoms with E-state index in [1.807, 2.05) is 0 Å². The Hall–Kier alpha value is -3.27. The Morgan fingerprint density at radius 1 is 1.55 bits per heavy atom. The van der Waals surface area contributed by atoms with Gasteiger partial charge in [0.2, 0.25) is 0 Å². The fourth-order valence-electron chi connectivity index (χ4n) is 1.65. The Labute approximate surface area is 125 Å². The number of halogens is 1. The molecule has 0 saturated heterocycles. The summed E-state index contributed by atoms with van der Waals surface area (Å²) in [5.74, 6) is -1.35. The van der Waals surface area contributed by atoms with Crippen LogP contribution in [0.1, 0.15) is 5.56 Å². The first-order chi connectivity index (χ1) is 10.7. The molecule has 0 aliphatic rings. The Balaban J connectivity index is 2.27. The van der Waals surface area contributed by atoms with Gasteiger partial charge >= 0.3 is 5.97 Å². The van der Waals surface area contributed by atoms with E-state index in [2.05, 4.69) is 16.7 Å². The molecule has 2 rings (SSSR count). The van der Waals surface area contributed by atoms with Crippen molar-refractivity contribution in [3.05, 3.63) is 60.5 Å². The number of rotatable bonds is 5. The van der Waals surface area contributed by atoms with E-state index in [0.29, 0.717) is 5.56 Å². The minimum atomic E-state index is -0.789. The molecule has 0 spiro atoms. The number of aromatic nitrogens is 3. The molecular formula is C15H11FN4O2. The molecule has 22 heavy (non-hydrogen) atoms. The molecule has 0 unspecified atom stereocenters. The van der Waals surface area contributed by atoms with Crippen LogP contribution in [0.4, 0.5) is 4.39 Å². The summed E-state index contributed by atoms with van der Waals surface area (Å²) in [5.41, 5.74) is 0.339. The van der Waals surface area contributed by atoms with Crippen LogP contribution in [0.25, 0.3) is 11.8 Å². The first-order valence-corrected chi connectivity index (χ1v) is 6.20. The van der Waals surface area contributed by atoms with E-state index in [4.69, 9.17) is 10.00 Å². The summed E-state index contributed by atoms with van der Waals surface area (Å²) in [6.45, 7) is 3.40. The maximum absolute atomic E-state index is 14.0. The average molecular weight is 298 g/mol. The van der Waals surface area contributed by atoms with Crippen molar-refractivity contribution in [3.8, 4) is 11.8 Å². The van der Waals surface area contributed by atoms with Crippen LogP contribution in [0, 0.1) is 17.1 Å². The number of ether oxygens (including phenoxy) is 1. The van der Waals surface area contributed by atoms with Crippen molar-refractivity contribution in [1.29, 1.82) is 5.26 Å². The molecule has 0 bridgehead atoms. The molecule has 1 heterocycles. The monoisotopic (exact) mass is 298 g/mol. The lowest BCUT2D eigenvalue weighted by Gasteiger charge is -2.04. The molecule has 0 aliphatic heterocycles. The first kappa shape index (κ1) is 15.1. The van der Waals surface area contributed by atoms with Gasteiger partial charge < -0.3 is 4.74 Å². The highest BCUT2D eigenvalue weighted by atomic mass is 19.1. The Morgan fingerprint density at radius 2 is 2.36 bits per heavy atom. The first-order valence-electron chi connectivity index (χ1n) is 6.20. The number of hydrogen-bond donors (Lipinski definition) is 0. The summed E-state index contributed by atoms with van der Waals surface area (Å²) in [7, 11) is 0. The van der Waals surface area contributed by atoms with Crippen molar-refractivity contribution >= 4 is 12.0 Å². The molecule has 7 heteroatoms. The Kier molecular flexibility index (Phi) is 4.78. The van der Waals surface area contributed by atoms with Crippen LogP contribution in [0.2, 0.25) is 0 Å². The molecule has 0 aliphatic carbocycles. The zero-order chi connectivity index (χ0) is 15.9. The molecule has 0 saturated carbocycles. The fraction of sp³-hybridized carbons (Fsp3) is 0.0667. The zero-order valence-electron chi connectivity index (χ0n) is 11.4. The van der Waals surface area contributed by atoms with Crippen molar-refractivity contribution in [1.82, 2.24) is 14.8 Å². The standard InChI is InChI=1S/C15H11FN4O2/c1-2-5-22-15(21)12(8-17)6-11-3-4-14(13(16)7-11)20-10-18-9-19-20/h2-4,6-7,9-10H,1,5H2/b12-6+. The lowest BCUT2D eigenvalue weighted by atomic mass is 10.1. The summed E-state index contributed by atoms with van der Waals surface area (Å²) in [4.78, 5) is 15.3. The lowest BCUT2D eigenvalue weighted by molar-refractivity contribution is -0.137. The average Bonchev–Trinajstić information content (AvgIpc) is 3.04. The number of carbonyl (C=O) groups excluding carboxylic acids is 1. The molecule has 1 aromatic heterocycles. The highest BCUT2D eigenvalue weighted by Gasteiger charge is 2.11. The predicted molar refractivity (Wildman–Crippen MR) is 76.1 cm³/mol. The van der Waals surface area contributed by atoms with Gasteiger partial charge in [0.05, 0.1) is 0 Å². The van der Waals surface area contributed by atoms with Crippen molar-refractivity contribution < 1.29 is 13.9 Å². The maximum Gasteiger partial charge on any atom is 0.349 e. The highest BCUT2D eigenvalue weighted by molar-refractivity contribution is 5.97. The van der Waals surface area contributed by atoms with E-state index in [-0.39, 0.29) is 17.9 Å². The topological polar surface area (TPSA) is 80.8 Å². The van der Waals surface area contributed by atoms with Crippen molar-refractivity contribution in [2.45, 2.75) is 0 Å². The van der Waals surface area contributed by atoms with Crippen LogP contribution in [-0.4, -0.2) is 27.3 Å². The molecular weight excluding hydrogens is 287 g/mol. The zero-order valence-corrected chi connectivity index (χ0v) is 11.4. The van der Waals surface area contributed by atoms with E-state index in [9.17, 15) is 9.18 Å². The van der Waals surface area contributed by atoms with Crippen molar-refractivity contribution in [2.75, 3.05) is 6.61 Å². The third-order valence-electron chi connectivity index (χ3n) is 2.62. The van der Waals surface area contributed by atoms with E-state index >= 15 is 0 Å². The maximum atomic E-state index is 14.0. The van der Waals surface area contributed by atoms with Gasteiger partial charge in [-0.3, -0.25) is 0 Å². The molecule has 0 fully saturated rings. The normalized spacial score (nSPS) is 10.8. The molecule has 0 radical (unpaired) electrons. The second-order valence-electron chi connectivity index (χ2n) is 4.11. The van der Waals surface area contributed by atoms with E-state index in [1.54, 1.807) is 12.1 Å². The molecule has 0 N–H and O–H groups in total. The SMILES string of the molecule is C=CCOC(=O)/C(C#N)=C/c1ccc(-n2cncn2)c(F)c1. The second kappa shape index (κ2) is 6.95. The third kappa shape index (κ3) is 3.43. The fourth-order valence-corrected chi connectivity index (χ4v) is 1.65. The molecule has 6 nitrogen and oxygen atoms in total. The number of benzene rings is 1. The quantitative estimate of drug-likeness (QED) is 0.365. The summed E-state index contributed by atoms with van der Waals surface area (Å²) in [5, 5.41) is 12.8. The van der Waals surface area contributed by atoms with Gasteiger partial charge in [-0.2, -0.15) is 10.4 Å². The summed E-state index contributed by atoms with van der Waals surface area (Å²) in [6, 6.07) is 5.94. The van der Waals surface area contributed by atoms with Crippen LogP contribution in [0.5, 0.6) is 0 Å². The number of carbonyl (C=O) groups is 1. The minimum absolute atomic E-state index is 0.00253. The predicted octanol–water partition coefficient (Wildman–Crippen LogP) is 2.04. The summed E-state index contributed by atoms with van der Waals surface area (Å²) >= 11 is 0. The van der Waals surface area contributed by atoms with E-state index in [1.165, 1.54) is 41.6 Å². The van der Waals surface area contributed by atoms with Crippen LogP contribution >= 0.6 is 0 Å². The Bertz CT molecular complexity index is 760. The molecule has 0 atom stereocenters. The lowest BCUT2D eigenvalue weighted by Crippen LogP contribution is -2.06. The molecule has 110 valence electrons. The van der Waals surface area contributed by atoms with E-state index < -0.39 is 11.8 Å². The van der Waals surface area contributed by atoms with Gasteiger partial charge in [0.15, 0.2) is 0 Å². The Morgan fingerprint density at radius 3 is 2.95 bits per heavy atom. The van der Waals surface area contributed by atoms with Gasteiger partial charge in [-0.25, -0.2) is 18.9 Å². The highest BCUT2D eigenvalue weighted by Crippen LogP contribution is 2.16. The smallest absolute Gasteiger partial charge is 0.349 e. The van der Waals surface area contributed by atoms with Gasteiger partial charge in [-0.1, -0.05) is 18.7 Å². The molecule has 0 amide bonds. The number of hydrogen-bond acceptors (Lipinski definition) is 5. The van der Waals surface area contributed by atoms with Crippen LogP contribution < -0.4 is 0 Å². The number of nitrogens with zero attached hydrogens (tertiary/aromatic N) is 4. The van der Waals surface area contributed by atoms with Gasteiger partial charge in [-0.15, -0.1) is 0 Å². The molecule has 1 aromatic carbocycles. The second-order valence-corrected chi connectivity index (χ2v) is 4.11. The van der Waals surface area contributed by atoms with Crippen LogP contribution in [0.15, 0.2) is 49.1 Å². The van der Waals surface area contributed by atoms with E-state index in [0.717, 1.165) is 0 Å². The van der Waals surface area contributed by atoms with Crippen LogP contribution in [0.3, 0.4) is 0 Å². The largest absolute Gasteiger partial charge is 0.457 e. The third-order valence-corrected chi connectivity index (χ3v) is 2.62. The van der Waals surface area contributed by atoms with Gasteiger partial charge in [0.1, 0.15) is 42.4 Å². The van der Waals surface area contributed by atoms with Gasteiger partial charge in [0.25, 0.3) is 0 Å². The van der Waals surface area contributed by atoms with Gasteiger partial charge in [0, 0.05) is 0 Å².